The summed E-state index contributed by atoms with van der Waals surface area (Å²) in [6, 6.07) is 0.862. The first-order chi connectivity index (χ1) is 9.56. The normalized spacial score (nSPS) is 26.4. The standard InChI is InChI=1S/C14H21IN4O/c1-9(20)18-7-6-13-12(8-18)14(15)17-19(13)11-4-2-10(16)3-5-11/h10-11H,2-8,16H2,1H3. The molecule has 1 fully saturated rings. The Balaban J connectivity index is 1.85. The molecular formula is C14H21IN4O. The predicted molar refractivity (Wildman–Crippen MR) is 85.2 cm³/mol. The first-order valence-electron chi connectivity index (χ1n) is 7.33. The molecule has 6 heteroatoms. The van der Waals surface area contributed by atoms with Crippen LogP contribution in [0.15, 0.2) is 0 Å². The van der Waals surface area contributed by atoms with Gasteiger partial charge in [0.2, 0.25) is 5.91 Å². The first-order valence-corrected chi connectivity index (χ1v) is 8.41. The van der Waals surface area contributed by atoms with E-state index < -0.39 is 0 Å². The van der Waals surface area contributed by atoms with Crippen LogP contribution in [0.3, 0.4) is 0 Å². The molecule has 1 saturated carbocycles. The van der Waals surface area contributed by atoms with Gasteiger partial charge in [0.1, 0.15) is 3.70 Å². The molecule has 1 amide bonds. The summed E-state index contributed by atoms with van der Waals surface area (Å²) in [6.07, 6.45) is 5.36. The zero-order chi connectivity index (χ0) is 14.3. The first kappa shape index (κ1) is 14.3. The monoisotopic (exact) mass is 388 g/mol. The van der Waals surface area contributed by atoms with E-state index in [1.165, 1.54) is 11.3 Å². The van der Waals surface area contributed by atoms with Gasteiger partial charge in [-0.1, -0.05) is 0 Å². The highest BCUT2D eigenvalue weighted by Gasteiger charge is 2.29. The molecule has 1 aliphatic heterocycles. The molecule has 2 aliphatic rings. The van der Waals surface area contributed by atoms with Crippen molar-refractivity contribution < 1.29 is 4.79 Å². The van der Waals surface area contributed by atoms with Crippen molar-refractivity contribution in [3.05, 3.63) is 15.0 Å². The van der Waals surface area contributed by atoms with E-state index in [1.807, 2.05) is 4.90 Å². The lowest BCUT2D eigenvalue weighted by Crippen LogP contribution is -2.35. The smallest absolute Gasteiger partial charge is 0.219 e. The average molecular weight is 388 g/mol. The number of carbonyl (C=O) groups excluding carboxylic acids is 1. The van der Waals surface area contributed by atoms with Crippen molar-refractivity contribution in [3.63, 3.8) is 0 Å². The second-order valence-electron chi connectivity index (χ2n) is 5.92. The number of nitrogens with two attached hydrogens (primary N) is 1. The van der Waals surface area contributed by atoms with Crippen molar-refractivity contribution in [1.82, 2.24) is 14.7 Å². The molecule has 3 rings (SSSR count). The molecule has 0 radical (unpaired) electrons. The van der Waals surface area contributed by atoms with Crippen LogP contribution in [0.25, 0.3) is 0 Å². The lowest BCUT2D eigenvalue weighted by Gasteiger charge is -2.30. The van der Waals surface area contributed by atoms with Gasteiger partial charge in [-0.25, -0.2) is 0 Å². The molecule has 110 valence electrons. The second kappa shape index (κ2) is 5.63. The van der Waals surface area contributed by atoms with Crippen molar-refractivity contribution in [2.45, 2.75) is 57.7 Å². The molecule has 0 aromatic carbocycles. The molecule has 1 aromatic rings. The summed E-state index contributed by atoms with van der Waals surface area (Å²) in [4.78, 5) is 13.5. The van der Waals surface area contributed by atoms with Gasteiger partial charge in [0.15, 0.2) is 0 Å². The Morgan fingerprint density at radius 3 is 2.70 bits per heavy atom. The predicted octanol–water partition coefficient (Wildman–Crippen LogP) is 1.83. The summed E-state index contributed by atoms with van der Waals surface area (Å²) < 4.78 is 3.29. The van der Waals surface area contributed by atoms with Gasteiger partial charge in [-0.2, -0.15) is 5.10 Å². The Labute approximate surface area is 133 Å². The quantitative estimate of drug-likeness (QED) is 0.747. The SMILES string of the molecule is CC(=O)N1CCc2c(c(I)nn2C2CCC(N)CC2)C1. The summed E-state index contributed by atoms with van der Waals surface area (Å²) >= 11 is 2.30. The third-order valence-corrected chi connectivity index (χ3v) is 5.44. The molecule has 0 unspecified atom stereocenters. The number of carbonyl (C=O) groups is 1. The fraction of sp³-hybridized carbons (Fsp3) is 0.714. The Bertz CT molecular complexity index is 519. The van der Waals surface area contributed by atoms with E-state index in [0.717, 1.165) is 48.9 Å². The zero-order valence-corrected chi connectivity index (χ0v) is 14.0. The largest absolute Gasteiger partial charge is 0.338 e. The van der Waals surface area contributed by atoms with Crippen molar-refractivity contribution in [2.75, 3.05) is 6.54 Å². The Morgan fingerprint density at radius 1 is 1.35 bits per heavy atom. The van der Waals surface area contributed by atoms with Crippen LogP contribution in [0.1, 0.15) is 49.9 Å². The van der Waals surface area contributed by atoms with Crippen LogP contribution in [0.5, 0.6) is 0 Å². The van der Waals surface area contributed by atoms with E-state index in [1.54, 1.807) is 6.92 Å². The number of halogens is 1. The number of fused-ring (bicyclic) bond motifs is 1. The zero-order valence-electron chi connectivity index (χ0n) is 11.8. The molecule has 2 N–H and O–H groups in total. The van der Waals surface area contributed by atoms with Gasteiger partial charge in [0.05, 0.1) is 12.6 Å². The van der Waals surface area contributed by atoms with Gasteiger partial charge in [-0.3, -0.25) is 9.48 Å². The number of amides is 1. The molecule has 0 spiro atoms. The van der Waals surface area contributed by atoms with E-state index in [4.69, 9.17) is 10.8 Å². The molecule has 1 aromatic heterocycles. The van der Waals surface area contributed by atoms with E-state index in [9.17, 15) is 4.79 Å². The third-order valence-electron chi connectivity index (χ3n) is 4.57. The molecular weight excluding hydrogens is 367 g/mol. The number of nitrogens with zero attached hydrogens (tertiary/aromatic N) is 3. The van der Waals surface area contributed by atoms with Crippen molar-refractivity contribution in [1.29, 1.82) is 0 Å². The van der Waals surface area contributed by atoms with E-state index in [2.05, 4.69) is 27.3 Å². The summed E-state index contributed by atoms with van der Waals surface area (Å²) in [7, 11) is 0. The number of hydrogen-bond donors (Lipinski definition) is 1. The Kier molecular flexibility index (Phi) is 4.03. The molecule has 0 bridgehead atoms. The topological polar surface area (TPSA) is 64.2 Å². The molecule has 2 heterocycles. The van der Waals surface area contributed by atoms with Gasteiger partial charge in [-0.05, 0) is 48.3 Å². The van der Waals surface area contributed by atoms with Gasteiger partial charge in [0, 0.05) is 37.2 Å². The third kappa shape index (κ3) is 2.59. The van der Waals surface area contributed by atoms with Gasteiger partial charge in [-0.15, -0.1) is 0 Å². The van der Waals surface area contributed by atoms with E-state index in [0.29, 0.717) is 12.1 Å². The van der Waals surface area contributed by atoms with E-state index in [-0.39, 0.29) is 5.91 Å². The second-order valence-corrected chi connectivity index (χ2v) is 6.94. The average Bonchev–Trinajstić information content (AvgIpc) is 2.76. The van der Waals surface area contributed by atoms with Crippen LogP contribution in [-0.4, -0.2) is 33.2 Å². The lowest BCUT2D eigenvalue weighted by molar-refractivity contribution is -0.129. The highest BCUT2D eigenvalue weighted by atomic mass is 127. The number of hydrogen-bond acceptors (Lipinski definition) is 3. The highest BCUT2D eigenvalue weighted by molar-refractivity contribution is 14.1. The van der Waals surface area contributed by atoms with Crippen LogP contribution in [0.4, 0.5) is 0 Å². The maximum absolute atomic E-state index is 11.5. The minimum Gasteiger partial charge on any atom is -0.338 e. The van der Waals surface area contributed by atoms with Gasteiger partial charge < -0.3 is 10.6 Å². The number of aromatic nitrogens is 2. The van der Waals surface area contributed by atoms with Crippen molar-refractivity contribution >= 4 is 28.5 Å². The van der Waals surface area contributed by atoms with Crippen LogP contribution < -0.4 is 5.73 Å². The van der Waals surface area contributed by atoms with Crippen LogP contribution in [0.2, 0.25) is 0 Å². The molecule has 0 atom stereocenters. The van der Waals surface area contributed by atoms with Crippen LogP contribution in [-0.2, 0) is 17.8 Å². The summed E-state index contributed by atoms with van der Waals surface area (Å²) in [5, 5.41) is 4.76. The minimum absolute atomic E-state index is 0.155. The van der Waals surface area contributed by atoms with E-state index >= 15 is 0 Å². The Hall–Kier alpha value is -0.630. The molecule has 0 saturated heterocycles. The molecule has 5 nitrogen and oxygen atoms in total. The van der Waals surface area contributed by atoms with Gasteiger partial charge in [0.25, 0.3) is 0 Å². The minimum atomic E-state index is 0.155. The highest BCUT2D eigenvalue weighted by Crippen LogP contribution is 2.32. The lowest BCUT2D eigenvalue weighted by atomic mass is 9.91. The van der Waals surface area contributed by atoms with Crippen LogP contribution in [0, 0.1) is 3.70 Å². The van der Waals surface area contributed by atoms with Crippen molar-refractivity contribution in [3.8, 4) is 0 Å². The Morgan fingerprint density at radius 2 is 2.05 bits per heavy atom. The van der Waals surface area contributed by atoms with Crippen LogP contribution >= 0.6 is 22.6 Å². The summed E-state index contributed by atoms with van der Waals surface area (Å²) in [6.45, 7) is 3.18. The summed E-state index contributed by atoms with van der Waals surface area (Å²) in [5.74, 6) is 0.155. The molecule has 1 aliphatic carbocycles. The summed E-state index contributed by atoms with van der Waals surface area (Å²) in [5.41, 5.74) is 8.59. The van der Waals surface area contributed by atoms with Crippen molar-refractivity contribution in [2.24, 2.45) is 5.73 Å². The number of rotatable bonds is 1. The maximum Gasteiger partial charge on any atom is 0.219 e. The van der Waals surface area contributed by atoms with Gasteiger partial charge >= 0.3 is 0 Å². The fourth-order valence-corrected chi connectivity index (χ4v) is 4.04. The fourth-order valence-electron chi connectivity index (χ4n) is 3.32. The molecule has 20 heavy (non-hydrogen) atoms. The maximum atomic E-state index is 11.5.